The van der Waals surface area contributed by atoms with Crippen LogP contribution in [0, 0.1) is 0 Å². The molecular formula is C16H19NO3. The molecule has 1 saturated carbocycles. The summed E-state index contributed by atoms with van der Waals surface area (Å²) in [5, 5.41) is 0. The fraction of sp³-hybridized carbons (Fsp3) is 0.438. The summed E-state index contributed by atoms with van der Waals surface area (Å²) in [6.45, 7) is 1.48. The summed E-state index contributed by atoms with van der Waals surface area (Å²) in [6, 6.07) is 6.48. The maximum Gasteiger partial charge on any atom is 0.260 e. The van der Waals surface area contributed by atoms with Crippen LogP contribution in [0.5, 0.6) is 0 Å². The Hall–Kier alpha value is -1.97. The van der Waals surface area contributed by atoms with Gasteiger partial charge >= 0.3 is 0 Å². The molecule has 2 amide bonds. The van der Waals surface area contributed by atoms with Gasteiger partial charge in [-0.25, -0.2) is 0 Å². The first-order valence-electron chi connectivity index (χ1n) is 7.02. The fourth-order valence-electron chi connectivity index (χ4n) is 2.66. The smallest absolute Gasteiger partial charge is 0.260 e. The Labute approximate surface area is 118 Å². The molecule has 0 saturated heterocycles. The Kier molecular flexibility index (Phi) is 4.66. The van der Waals surface area contributed by atoms with Gasteiger partial charge in [0.2, 0.25) is 6.41 Å². The molecule has 0 N–H and O–H groups in total. The van der Waals surface area contributed by atoms with Gasteiger partial charge in [-0.3, -0.25) is 19.3 Å². The van der Waals surface area contributed by atoms with E-state index in [1.54, 1.807) is 24.3 Å². The van der Waals surface area contributed by atoms with Crippen molar-refractivity contribution in [2.75, 3.05) is 0 Å². The molecule has 0 radical (unpaired) electrons. The van der Waals surface area contributed by atoms with Crippen molar-refractivity contribution in [2.45, 2.75) is 45.1 Å². The minimum Gasteiger partial charge on any atom is -0.295 e. The minimum atomic E-state index is -0.276. The monoisotopic (exact) mass is 273 g/mol. The second-order valence-corrected chi connectivity index (χ2v) is 5.24. The highest BCUT2D eigenvalue weighted by molar-refractivity contribution is 6.01. The van der Waals surface area contributed by atoms with Gasteiger partial charge in [0.25, 0.3) is 5.91 Å². The summed E-state index contributed by atoms with van der Waals surface area (Å²) in [4.78, 5) is 36.1. The number of nitrogens with zero attached hydrogens (tertiary/aromatic N) is 1. The number of amides is 2. The Morgan fingerprint density at radius 1 is 1.05 bits per heavy atom. The van der Waals surface area contributed by atoms with Crippen LogP contribution in [0.2, 0.25) is 0 Å². The van der Waals surface area contributed by atoms with Crippen LogP contribution in [0.4, 0.5) is 0 Å². The van der Waals surface area contributed by atoms with E-state index in [1.807, 2.05) is 0 Å². The van der Waals surface area contributed by atoms with E-state index in [4.69, 9.17) is 0 Å². The van der Waals surface area contributed by atoms with Crippen LogP contribution in [0.15, 0.2) is 24.3 Å². The van der Waals surface area contributed by atoms with E-state index in [0.29, 0.717) is 17.5 Å². The molecule has 1 fully saturated rings. The van der Waals surface area contributed by atoms with Crippen molar-refractivity contribution in [1.29, 1.82) is 0 Å². The molecule has 0 aliphatic heterocycles. The molecule has 0 atom stereocenters. The Morgan fingerprint density at radius 2 is 1.60 bits per heavy atom. The van der Waals surface area contributed by atoms with Gasteiger partial charge in [-0.1, -0.05) is 31.4 Å². The zero-order valence-corrected chi connectivity index (χ0v) is 11.7. The predicted octanol–water partition coefficient (Wildman–Crippen LogP) is 2.82. The number of carbonyl (C=O) groups is 3. The lowest BCUT2D eigenvalue weighted by molar-refractivity contribution is -0.118. The topological polar surface area (TPSA) is 54.5 Å². The molecule has 0 bridgehead atoms. The van der Waals surface area contributed by atoms with Gasteiger partial charge in [0.05, 0.1) is 0 Å². The molecule has 20 heavy (non-hydrogen) atoms. The highest BCUT2D eigenvalue weighted by Gasteiger charge is 2.25. The van der Waals surface area contributed by atoms with Crippen LogP contribution >= 0.6 is 0 Å². The van der Waals surface area contributed by atoms with E-state index in [1.165, 1.54) is 18.2 Å². The first-order chi connectivity index (χ1) is 9.63. The van der Waals surface area contributed by atoms with Crippen LogP contribution in [0.1, 0.15) is 59.7 Å². The number of hydrogen-bond donors (Lipinski definition) is 0. The Balaban J connectivity index is 2.15. The maximum absolute atomic E-state index is 12.4. The standard InChI is InChI=1S/C16H19NO3/c1-12(19)13-7-9-14(10-8-13)16(20)17(11-18)15-5-3-2-4-6-15/h7-11,15H,2-6H2,1H3. The SMILES string of the molecule is CC(=O)c1ccc(C(=O)N(C=O)C2CCCCC2)cc1. The summed E-state index contributed by atoms with van der Waals surface area (Å²) in [5.41, 5.74) is 1.02. The molecule has 2 rings (SSSR count). The predicted molar refractivity (Wildman–Crippen MR) is 75.6 cm³/mol. The molecule has 0 aromatic heterocycles. The fourth-order valence-corrected chi connectivity index (χ4v) is 2.66. The van der Waals surface area contributed by atoms with Crippen molar-refractivity contribution in [3.8, 4) is 0 Å². The number of imide groups is 1. The van der Waals surface area contributed by atoms with E-state index in [0.717, 1.165) is 25.7 Å². The van der Waals surface area contributed by atoms with Gasteiger partial charge in [0.15, 0.2) is 5.78 Å². The number of Topliss-reactive ketones (excluding diaryl/α,β-unsaturated/α-hetero) is 1. The molecule has 0 spiro atoms. The van der Waals surface area contributed by atoms with Crippen LogP contribution in [-0.2, 0) is 4.79 Å². The van der Waals surface area contributed by atoms with Crippen molar-refractivity contribution >= 4 is 18.1 Å². The third-order valence-electron chi connectivity index (χ3n) is 3.85. The second kappa shape index (κ2) is 6.46. The Bertz CT molecular complexity index is 501. The molecule has 4 heteroatoms. The molecular weight excluding hydrogens is 254 g/mol. The van der Waals surface area contributed by atoms with Gasteiger partial charge in [-0.05, 0) is 31.9 Å². The number of ketones is 1. The summed E-state index contributed by atoms with van der Waals surface area (Å²) < 4.78 is 0. The molecule has 1 aromatic rings. The second-order valence-electron chi connectivity index (χ2n) is 5.24. The van der Waals surface area contributed by atoms with E-state index in [2.05, 4.69) is 0 Å². The highest BCUT2D eigenvalue weighted by atomic mass is 16.2. The van der Waals surface area contributed by atoms with Crippen molar-refractivity contribution in [3.05, 3.63) is 35.4 Å². The molecule has 1 aliphatic rings. The summed E-state index contributed by atoms with van der Waals surface area (Å²) >= 11 is 0. The summed E-state index contributed by atoms with van der Waals surface area (Å²) in [5.74, 6) is -0.314. The number of hydrogen-bond acceptors (Lipinski definition) is 3. The molecule has 4 nitrogen and oxygen atoms in total. The average molecular weight is 273 g/mol. The van der Waals surface area contributed by atoms with E-state index in [-0.39, 0.29) is 17.7 Å². The van der Waals surface area contributed by atoms with Gasteiger partial charge in [-0.15, -0.1) is 0 Å². The van der Waals surface area contributed by atoms with Crippen LogP contribution in [0.25, 0.3) is 0 Å². The normalized spacial score (nSPS) is 15.7. The summed E-state index contributed by atoms with van der Waals surface area (Å²) in [7, 11) is 0. The van der Waals surface area contributed by atoms with Gasteiger partial charge in [0.1, 0.15) is 0 Å². The Morgan fingerprint density at radius 3 is 2.10 bits per heavy atom. The number of rotatable bonds is 4. The molecule has 106 valence electrons. The molecule has 0 unspecified atom stereocenters. The largest absolute Gasteiger partial charge is 0.295 e. The van der Waals surface area contributed by atoms with E-state index < -0.39 is 0 Å². The van der Waals surface area contributed by atoms with Crippen LogP contribution < -0.4 is 0 Å². The van der Waals surface area contributed by atoms with Gasteiger partial charge < -0.3 is 0 Å². The van der Waals surface area contributed by atoms with Crippen molar-refractivity contribution in [3.63, 3.8) is 0 Å². The van der Waals surface area contributed by atoms with E-state index in [9.17, 15) is 14.4 Å². The molecule has 1 aromatic carbocycles. The van der Waals surface area contributed by atoms with Crippen molar-refractivity contribution < 1.29 is 14.4 Å². The van der Waals surface area contributed by atoms with Crippen LogP contribution in [0.3, 0.4) is 0 Å². The molecule has 0 heterocycles. The highest BCUT2D eigenvalue weighted by Crippen LogP contribution is 2.23. The lowest BCUT2D eigenvalue weighted by Crippen LogP contribution is -2.40. The quantitative estimate of drug-likeness (QED) is 0.626. The van der Waals surface area contributed by atoms with Gasteiger partial charge in [0, 0.05) is 17.2 Å². The van der Waals surface area contributed by atoms with Crippen molar-refractivity contribution in [2.24, 2.45) is 0 Å². The zero-order chi connectivity index (χ0) is 14.5. The zero-order valence-electron chi connectivity index (χ0n) is 11.7. The van der Waals surface area contributed by atoms with Gasteiger partial charge in [-0.2, -0.15) is 0 Å². The first kappa shape index (κ1) is 14.4. The summed E-state index contributed by atoms with van der Waals surface area (Å²) in [6.07, 6.45) is 5.70. The lowest BCUT2D eigenvalue weighted by atomic mass is 9.94. The van der Waals surface area contributed by atoms with Crippen molar-refractivity contribution in [1.82, 2.24) is 4.90 Å². The number of carbonyl (C=O) groups excluding carboxylic acids is 3. The first-order valence-corrected chi connectivity index (χ1v) is 7.02. The van der Waals surface area contributed by atoms with Crippen LogP contribution in [-0.4, -0.2) is 29.0 Å². The average Bonchev–Trinajstić information content (AvgIpc) is 2.49. The molecule has 1 aliphatic carbocycles. The maximum atomic E-state index is 12.4. The third-order valence-corrected chi connectivity index (χ3v) is 3.85. The lowest BCUT2D eigenvalue weighted by Gasteiger charge is -2.29. The minimum absolute atomic E-state index is 0.0150. The van der Waals surface area contributed by atoms with E-state index >= 15 is 0 Å². The third kappa shape index (κ3) is 3.13. The number of benzene rings is 1.